The molecule has 0 atom stereocenters. The summed E-state index contributed by atoms with van der Waals surface area (Å²) in [5.74, 6) is -0.432. The van der Waals surface area contributed by atoms with Crippen LogP contribution in [0.15, 0.2) is 42.5 Å². The molecule has 0 saturated heterocycles. The zero-order chi connectivity index (χ0) is 14.5. The number of carbonyl (C=O) groups is 1. The Morgan fingerprint density at radius 1 is 1.10 bits per heavy atom. The van der Waals surface area contributed by atoms with Crippen molar-refractivity contribution in [3.63, 3.8) is 0 Å². The first-order valence-corrected chi connectivity index (χ1v) is 6.42. The first-order chi connectivity index (χ1) is 9.56. The number of carbonyl (C=O) groups excluding carboxylic acids is 1. The van der Waals surface area contributed by atoms with Gasteiger partial charge in [0, 0.05) is 11.4 Å². The highest BCUT2D eigenvalue weighted by atomic mass is 19.1. The molecule has 0 saturated carbocycles. The first-order valence-electron chi connectivity index (χ1n) is 6.42. The molecule has 0 fully saturated rings. The van der Waals surface area contributed by atoms with E-state index in [1.165, 1.54) is 12.1 Å². The molecule has 104 valence electrons. The Labute approximate surface area is 117 Å². The van der Waals surface area contributed by atoms with Gasteiger partial charge in [-0.25, -0.2) is 4.39 Å². The van der Waals surface area contributed by atoms with Crippen LogP contribution in [0.25, 0.3) is 0 Å². The van der Waals surface area contributed by atoms with Crippen molar-refractivity contribution >= 4 is 17.3 Å². The number of amides is 1. The fourth-order valence-electron chi connectivity index (χ4n) is 1.83. The van der Waals surface area contributed by atoms with Crippen molar-refractivity contribution in [2.24, 2.45) is 0 Å². The van der Waals surface area contributed by atoms with Gasteiger partial charge in [0.2, 0.25) is 5.91 Å². The number of rotatable bonds is 4. The van der Waals surface area contributed by atoms with Gasteiger partial charge in [0.05, 0.1) is 6.54 Å². The summed E-state index contributed by atoms with van der Waals surface area (Å²) in [6.45, 7) is 4.11. The first kappa shape index (κ1) is 14.1. The SMILES string of the molecule is Cc1cccc(NC(=O)CNc2ccc(F)cc2)c1C. The number of hydrogen-bond donors (Lipinski definition) is 2. The number of nitrogens with one attached hydrogen (secondary N) is 2. The van der Waals surface area contributed by atoms with Gasteiger partial charge >= 0.3 is 0 Å². The summed E-state index contributed by atoms with van der Waals surface area (Å²) in [6.07, 6.45) is 0. The maximum Gasteiger partial charge on any atom is 0.243 e. The Morgan fingerprint density at radius 3 is 2.50 bits per heavy atom. The molecule has 1 amide bonds. The molecule has 2 aromatic rings. The minimum Gasteiger partial charge on any atom is -0.376 e. The molecule has 0 unspecified atom stereocenters. The smallest absolute Gasteiger partial charge is 0.243 e. The molecular weight excluding hydrogens is 255 g/mol. The Balaban J connectivity index is 1.92. The summed E-state index contributed by atoms with van der Waals surface area (Å²) in [4.78, 5) is 11.9. The quantitative estimate of drug-likeness (QED) is 0.894. The van der Waals surface area contributed by atoms with E-state index >= 15 is 0 Å². The van der Waals surface area contributed by atoms with Gasteiger partial charge in [-0.2, -0.15) is 0 Å². The summed E-state index contributed by atoms with van der Waals surface area (Å²) in [5, 5.41) is 5.80. The molecule has 0 aliphatic carbocycles. The third kappa shape index (κ3) is 3.57. The molecule has 0 aromatic heterocycles. The van der Waals surface area contributed by atoms with Gasteiger partial charge in [0.25, 0.3) is 0 Å². The summed E-state index contributed by atoms with van der Waals surface area (Å²) in [7, 11) is 0. The highest BCUT2D eigenvalue weighted by Crippen LogP contribution is 2.17. The van der Waals surface area contributed by atoms with Crippen LogP contribution in [-0.2, 0) is 4.79 Å². The zero-order valence-corrected chi connectivity index (χ0v) is 11.5. The Kier molecular flexibility index (Phi) is 4.35. The van der Waals surface area contributed by atoms with Gasteiger partial charge in [-0.1, -0.05) is 12.1 Å². The lowest BCUT2D eigenvalue weighted by Gasteiger charge is -2.11. The van der Waals surface area contributed by atoms with Crippen LogP contribution in [0.3, 0.4) is 0 Å². The van der Waals surface area contributed by atoms with Crippen LogP contribution in [0.2, 0.25) is 0 Å². The lowest BCUT2D eigenvalue weighted by atomic mass is 10.1. The minimum absolute atomic E-state index is 0.136. The second kappa shape index (κ2) is 6.19. The van der Waals surface area contributed by atoms with E-state index in [-0.39, 0.29) is 18.3 Å². The molecule has 2 aromatic carbocycles. The van der Waals surface area contributed by atoms with Crippen molar-refractivity contribution in [2.75, 3.05) is 17.2 Å². The van der Waals surface area contributed by atoms with Gasteiger partial charge in [-0.3, -0.25) is 4.79 Å². The van der Waals surface area contributed by atoms with Crippen LogP contribution in [0.5, 0.6) is 0 Å². The van der Waals surface area contributed by atoms with Gasteiger partial charge in [-0.05, 0) is 55.3 Å². The van der Waals surface area contributed by atoms with Crippen molar-refractivity contribution in [1.29, 1.82) is 0 Å². The average Bonchev–Trinajstić information content (AvgIpc) is 2.43. The van der Waals surface area contributed by atoms with Crippen LogP contribution in [0, 0.1) is 19.7 Å². The molecule has 0 aliphatic heterocycles. The summed E-state index contributed by atoms with van der Waals surface area (Å²) in [6, 6.07) is 11.7. The lowest BCUT2D eigenvalue weighted by Crippen LogP contribution is -2.22. The van der Waals surface area contributed by atoms with E-state index in [1.54, 1.807) is 12.1 Å². The third-order valence-corrected chi connectivity index (χ3v) is 3.18. The molecule has 0 radical (unpaired) electrons. The summed E-state index contributed by atoms with van der Waals surface area (Å²) < 4.78 is 12.7. The number of aryl methyl sites for hydroxylation is 1. The molecule has 2 N–H and O–H groups in total. The van der Waals surface area contributed by atoms with Gasteiger partial charge < -0.3 is 10.6 Å². The van der Waals surface area contributed by atoms with Gasteiger partial charge in [0.15, 0.2) is 0 Å². The fourth-order valence-corrected chi connectivity index (χ4v) is 1.83. The molecule has 4 heteroatoms. The van der Waals surface area contributed by atoms with E-state index < -0.39 is 0 Å². The monoisotopic (exact) mass is 272 g/mol. The minimum atomic E-state index is -0.296. The average molecular weight is 272 g/mol. The molecule has 2 rings (SSSR count). The summed E-state index contributed by atoms with van der Waals surface area (Å²) in [5.41, 5.74) is 3.72. The van der Waals surface area contributed by atoms with Crippen LogP contribution in [-0.4, -0.2) is 12.5 Å². The van der Waals surface area contributed by atoms with Crippen LogP contribution >= 0.6 is 0 Å². The molecule has 0 aliphatic rings. The van der Waals surface area contributed by atoms with E-state index in [4.69, 9.17) is 0 Å². The van der Waals surface area contributed by atoms with Crippen molar-refractivity contribution in [3.05, 3.63) is 59.4 Å². The van der Waals surface area contributed by atoms with E-state index in [9.17, 15) is 9.18 Å². The zero-order valence-electron chi connectivity index (χ0n) is 11.5. The molecule has 0 bridgehead atoms. The van der Waals surface area contributed by atoms with E-state index in [0.717, 1.165) is 16.8 Å². The number of hydrogen-bond acceptors (Lipinski definition) is 2. The van der Waals surface area contributed by atoms with E-state index in [0.29, 0.717) is 5.69 Å². The predicted molar refractivity (Wildman–Crippen MR) is 79.4 cm³/mol. The number of benzene rings is 2. The standard InChI is InChI=1S/C16H17FN2O/c1-11-4-3-5-15(12(11)2)19-16(20)10-18-14-8-6-13(17)7-9-14/h3-9,18H,10H2,1-2H3,(H,19,20). The molecule has 3 nitrogen and oxygen atoms in total. The number of anilines is 2. The van der Waals surface area contributed by atoms with Crippen molar-refractivity contribution in [3.8, 4) is 0 Å². The maximum atomic E-state index is 12.7. The summed E-state index contributed by atoms with van der Waals surface area (Å²) >= 11 is 0. The predicted octanol–water partition coefficient (Wildman–Crippen LogP) is 3.49. The second-order valence-corrected chi connectivity index (χ2v) is 4.66. The van der Waals surface area contributed by atoms with Crippen LogP contribution < -0.4 is 10.6 Å². The molecule has 0 heterocycles. The van der Waals surface area contributed by atoms with Crippen LogP contribution in [0.1, 0.15) is 11.1 Å². The second-order valence-electron chi connectivity index (χ2n) is 4.66. The van der Waals surface area contributed by atoms with Crippen molar-refractivity contribution < 1.29 is 9.18 Å². The topological polar surface area (TPSA) is 41.1 Å². The van der Waals surface area contributed by atoms with E-state index in [2.05, 4.69) is 10.6 Å². The normalized spacial score (nSPS) is 10.2. The Bertz CT molecular complexity index is 608. The largest absolute Gasteiger partial charge is 0.376 e. The number of halogens is 1. The molecule has 20 heavy (non-hydrogen) atoms. The van der Waals surface area contributed by atoms with E-state index in [1.807, 2.05) is 32.0 Å². The lowest BCUT2D eigenvalue weighted by molar-refractivity contribution is -0.114. The van der Waals surface area contributed by atoms with Crippen molar-refractivity contribution in [1.82, 2.24) is 0 Å². The van der Waals surface area contributed by atoms with Gasteiger partial charge in [0.1, 0.15) is 5.82 Å². The highest BCUT2D eigenvalue weighted by Gasteiger charge is 2.05. The fraction of sp³-hybridized carbons (Fsp3) is 0.188. The van der Waals surface area contributed by atoms with Crippen molar-refractivity contribution in [2.45, 2.75) is 13.8 Å². The highest BCUT2D eigenvalue weighted by molar-refractivity contribution is 5.94. The third-order valence-electron chi connectivity index (χ3n) is 3.18. The Morgan fingerprint density at radius 2 is 1.80 bits per heavy atom. The Hall–Kier alpha value is -2.36. The molecule has 0 spiro atoms. The van der Waals surface area contributed by atoms with Gasteiger partial charge in [-0.15, -0.1) is 0 Å². The molecular formula is C16H17FN2O. The maximum absolute atomic E-state index is 12.7. The van der Waals surface area contributed by atoms with Crippen LogP contribution in [0.4, 0.5) is 15.8 Å².